The Morgan fingerprint density at radius 2 is 2.00 bits per heavy atom. The number of piperidine rings is 1. The van der Waals surface area contributed by atoms with Crippen molar-refractivity contribution in [3.63, 3.8) is 0 Å². The maximum Gasteiger partial charge on any atom is 0.226 e. The number of hydrogen-bond donors (Lipinski definition) is 1. The highest BCUT2D eigenvalue weighted by atomic mass is 16.2. The number of nitrogens with one attached hydrogen (secondary N) is 1. The van der Waals surface area contributed by atoms with Crippen LogP contribution < -0.4 is 10.2 Å². The Morgan fingerprint density at radius 1 is 1.33 bits per heavy atom. The van der Waals surface area contributed by atoms with E-state index in [-0.39, 0.29) is 11.8 Å². The van der Waals surface area contributed by atoms with Crippen LogP contribution in [-0.2, 0) is 11.2 Å². The summed E-state index contributed by atoms with van der Waals surface area (Å²) in [5, 5.41) is 3.47. The molecule has 0 aliphatic carbocycles. The highest BCUT2D eigenvalue weighted by Crippen LogP contribution is 2.20. The number of rotatable bonds is 6. The molecular formula is C18H31N5O. The van der Waals surface area contributed by atoms with E-state index < -0.39 is 0 Å². The second-order valence-corrected chi connectivity index (χ2v) is 7.10. The monoisotopic (exact) mass is 333 g/mol. The van der Waals surface area contributed by atoms with E-state index in [2.05, 4.69) is 22.2 Å². The molecular weight excluding hydrogens is 302 g/mol. The highest BCUT2D eigenvalue weighted by Gasteiger charge is 2.24. The molecule has 1 N–H and O–H groups in total. The lowest BCUT2D eigenvalue weighted by Crippen LogP contribution is -2.41. The van der Waals surface area contributed by atoms with Crippen LogP contribution in [-0.4, -0.2) is 54.5 Å². The third-order valence-corrected chi connectivity index (χ3v) is 4.52. The van der Waals surface area contributed by atoms with E-state index in [1.165, 1.54) is 0 Å². The van der Waals surface area contributed by atoms with E-state index in [0.717, 1.165) is 56.4 Å². The van der Waals surface area contributed by atoms with Crippen LogP contribution in [0.4, 0.5) is 11.8 Å². The summed E-state index contributed by atoms with van der Waals surface area (Å²) in [6.07, 6.45) is 3.00. The summed E-state index contributed by atoms with van der Waals surface area (Å²) < 4.78 is 0. The topological polar surface area (TPSA) is 61.4 Å². The van der Waals surface area contributed by atoms with Crippen molar-refractivity contribution in [2.45, 2.75) is 40.0 Å². The van der Waals surface area contributed by atoms with Gasteiger partial charge in [0.15, 0.2) is 0 Å². The number of aryl methyl sites for hydroxylation is 1. The van der Waals surface area contributed by atoms with Crippen molar-refractivity contribution in [1.29, 1.82) is 0 Å². The Bertz CT molecular complexity index is 550. The number of nitrogens with zero attached hydrogens (tertiary/aromatic N) is 4. The van der Waals surface area contributed by atoms with Crippen molar-refractivity contribution >= 4 is 17.7 Å². The number of anilines is 2. The summed E-state index contributed by atoms with van der Waals surface area (Å²) in [4.78, 5) is 25.1. The Balaban J connectivity index is 1.88. The first kappa shape index (κ1) is 18.5. The number of aromatic nitrogens is 2. The van der Waals surface area contributed by atoms with E-state index in [1.54, 1.807) is 0 Å². The third-order valence-electron chi connectivity index (χ3n) is 4.52. The molecule has 1 fully saturated rings. The van der Waals surface area contributed by atoms with Crippen LogP contribution in [0.5, 0.6) is 0 Å². The summed E-state index contributed by atoms with van der Waals surface area (Å²) in [6, 6.07) is 2.03. The zero-order chi connectivity index (χ0) is 17.7. The fourth-order valence-corrected chi connectivity index (χ4v) is 2.93. The van der Waals surface area contributed by atoms with Crippen molar-refractivity contribution in [3.8, 4) is 0 Å². The van der Waals surface area contributed by atoms with Gasteiger partial charge in [0.25, 0.3) is 0 Å². The number of carbonyl (C=O) groups is 1. The van der Waals surface area contributed by atoms with Crippen molar-refractivity contribution in [3.05, 3.63) is 11.8 Å². The molecule has 1 aliphatic rings. The molecule has 0 unspecified atom stereocenters. The van der Waals surface area contributed by atoms with Gasteiger partial charge in [0.05, 0.1) is 0 Å². The molecule has 2 heterocycles. The van der Waals surface area contributed by atoms with Crippen molar-refractivity contribution in [2.24, 2.45) is 11.8 Å². The molecule has 6 nitrogen and oxygen atoms in total. The molecule has 24 heavy (non-hydrogen) atoms. The van der Waals surface area contributed by atoms with Gasteiger partial charge in [0, 0.05) is 51.4 Å². The predicted octanol–water partition coefficient (Wildman–Crippen LogP) is 2.41. The van der Waals surface area contributed by atoms with Crippen LogP contribution in [0.2, 0.25) is 0 Å². The Morgan fingerprint density at radius 3 is 2.54 bits per heavy atom. The summed E-state index contributed by atoms with van der Waals surface area (Å²) in [5.41, 5.74) is 1.05. The molecule has 134 valence electrons. The summed E-state index contributed by atoms with van der Waals surface area (Å²) in [6.45, 7) is 8.69. The lowest BCUT2D eigenvalue weighted by atomic mass is 9.96. The van der Waals surface area contributed by atoms with Gasteiger partial charge in [-0.2, -0.15) is 4.98 Å². The van der Waals surface area contributed by atoms with Crippen LogP contribution in [0.3, 0.4) is 0 Å². The van der Waals surface area contributed by atoms with Gasteiger partial charge in [-0.05, 0) is 25.2 Å². The average molecular weight is 333 g/mol. The van der Waals surface area contributed by atoms with Crippen LogP contribution in [0, 0.1) is 11.8 Å². The maximum atomic E-state index is 12.0. The summed E-state index contributed by atoms with van der Waals surface area (Å²) >= 11 is 0. The minimum atomic E-state index is 0.0950. The molecule has 0 bridgehead atoms. The van der Waals surface area contributed by atoms with Gasteiger partial charge >= 0.3 is 0 Å². The Kier molecular flexibility index (Phi) is 6.40. The molecule has 0 spiro atoms. The molecule has 2 rings (SSSR count). The van der Waals surface area contributed by atoms with E-state index >= 15 is 0 Å². The molecule has 6 heteroatoms. The number of amides is 1. The van der Waals surface area contributed by atoms with Gasteiger partial charge in [-0.3, -0.25) is 4.79 Å². The molecule has 0 aromatic carbocycles. The second-order valence-electron chi connectivity index (χ2n) is 7.10. The van der Waals surface area contributed by atoms with Gasteiger partial charge < -0.3 is 15.1 Å². The predicted molar refractivity (Wildman–Crippen MR) is 98.4 cm³/mol. The van der Waals surface area contributed by atoms with E-state index in [1.807, 2.05) is 43.8 Å². The second kappa shape index (κ2) is 8.31. The molecule has 1 saturated heterocycles. The first-order valence-electron chi connectivity index (χ1n) is 8.98. The molecule has 0 radical (unpaired) electrons. The number of likely N-dealkylation sites (tertiary alicyclic amines) is 1. The molecule has 1 aromatic rings. The molecule has 0 atom stereocenters. The van der Waals surface area contributed by atoms with Crippen LogP contribution in [0.15, 0.2) is 6.07 Å². The summed E-state index contributed by atoms with van der Waals surface area (Å²) in [5.74, 6) is 2.60. The minimum absolute atomic E-state index is 0.0950. The zero-order valence-electron chi connectivity index (χ0n) is 15.7. The fraction of sp³-hybridized carbons (Fsp3) is 0.722. The first-order valence-corrected chi connectivity index (χ1v) is 8.98. The largest absolute Gasteiger partial charge is 0.370 e. The first-order chi connectivity index (χ1) is 11.4. The van der Waals surface area contributed by atoms with Gasteiger partial charge in [0.1, 0.15) is 5.82 Å². The summed E-state index contributed by atoms with van der Waals surface area (Å²) in [7, 11) is 3.92. The zero-order valence-corrected chi connectivity index (χ0v) is 15.7. The quantitative estimate of drug-likeness (QED) is 0.866. The van der Waals surface area contributed by atoms with Gasteiger partial charge in [-0.25, -0.2) is 4.98 Å². The van der Waals surface area contributed by atoms with Gasteiger partial charge in [-0.15, -0.1) is 0 Å². The normalized spacial score (nSPS) is 15.7. The third kappa shape index (κ3) is 4.82. The molecule has 0 saturated carbocycles. The average Bonchev–Trinajstić information content (AvgIpc) is 2.59. The maximum absolute atomic E-state index is 12.0. The smallest absolute Gasteiger partial charge is 0.226 e. The van der Waals surface area contributed by atoms with E-state index in [9.17, 15) is 4.79 Å². The Labute approximate surface area is 145 Å². The highest BCUT2D eigenvalue weighted by molar-refractivity contribution is 5.78. The molecule has 1 aromatic heterocycles. The minimum Gasteiger partial charge on any atom is -0.370 e. The molecule has 1 aliphatic heterocycles. The van der Waals surface area contributed by atoms with Crippen molar-refractivity contribution in [1.82, 2.24) is 14.9 Å². The van der Waals surface area contributed by atoms with E-state index in [4.69, 9.17) is 0 Å². The Hall–Kier alpha value is -1.85. The molecule has 1 amide bonds. The van der Waals surface area contributed by atoms with Crippen LogP contribution >= 0.6 is 0 Å². The lowest BCUT2D eigenvalue weighted by Gasteiger charge is -2.33. The van der Waals surface area contributed by atoms with Crippen LogP contribution in [0.25, 0.3) is 0 Å². The lowest BCUT2D eigenvalue weighted by molar-refractivity contribution is -0.135. The van der Waals surface area contributed by atoms with Crippen LogP contribution in [0.1, 0.15) is 39.3 Å². The van der Waals surface area contributed by atoms with Crippen molar-refractivity contribution in [2.75, 3.05) is 43.9 Å². The number of hydrogen-bond acceptors (Lipinski definition) is 5. The van der Waals surface area contributed by atoms with E-state index in [0.29, 0.717) is 5.92 Å². The van der Waals surface area contributed by atoms with Gasteiger partial charge in [-0.1, -0.05) is 20.8 Å². The van der Waals surface area contributed by atoms with Crippen molar-refractivity contribution < 1.29 is 4.79 Å². The SMILES string of the molecule is CCc1cc(NCC2CCN(C(=O)C(C)C)CC2)nc(N(C)C)n1. The fourth-order valence-electron chi connectivity index (χ4n) is 2.93. The number of carbonyl (C=O) groups excluding carboxylic acids is 1. The van der Waals surface area contributed by atoms with Gasteiger partial charge in [0.2, 0.25) is 11.9 Å². The standard InChI is InChI=1S/C18H31N5O/c1-6-15-11-16(21-18(20-15)22(4)5)19-12-14-7-9-23(10-8-14)17(24)13(2)3/h11,13-14H,6-10,12H2,1-5H3,(H,19,20,21).